The minimum Gasteiger partial charge on any atom is -0.301 e. The van der Waals surface area contributed by atoms with Crippen LogP contribution in [-0.4, -0.2) is 26.6 Å². The van der Waals surface area contributed by atoms with E-state index < -0.39 is 0 Å². The lowest BCUT2D eigenvalue weighted by Crippen LogP contribution is -2.13. The van der Waals surface area contributed by atoms with E-state index in [1.54, 1.807) is 23.9 Å². The summed E-state index contributed by atoms with van der Waals surface area (Å²) < 4.78 is 0. The number of hydrogen-bond acceptors (Lipinski definition) is 7. The molecule has 0 bridgehead atoms. The summed E-state index contributed by atoms with van der Waals surface area (Å²) in [5.74, 6) is 0.278. The molecule has 1 aliphatic carbocycles. The van der Waals surface area contributed by atoms with Gasteiger partial charge < -0.3 is 5.32 Å². The lowest BCUT2D eigenvalue weighted by atomic mass is 9.97. The molecule has 5 nitrogen and oxygen atoms in total. The molecule has 24 heavy (non-hydrogen) atoms. The van der Waals surface area contributed by atoms with Gasteiger partial charge in [0.15, 0.2) is 5.13 Å². The summed E-state index contributed by atoms with van der Waals surface area (Å²) in [6.07, 6.45) is 8.09. The predicted molar refractivity (Wildman–Crippen MR) is 100 cm³/mol. The Morgan fingerprint density at radius 1 is 1.25 bits per heavy atom. The van der Waals surface area contributed by atoms with E-state index in [0.717, 1.165) is 27.6 Å². The number of anilines is 1. The highest BCUT2D eigenvalue weighted by Crippen LogP contribution is 2.39. The molecule has 1 N–H and O–H groups in total. The van der Waals surface area contributed by atoms with Gasteiger partial charge in [-0.25, -0.2) is 15.0 Å². The number of nitrogens with one attached hydrogen (secondary N) is 1. The molecule has 1 aliphatic rings. The first kappa shape index (κ1) is 16.0. The van der Waals surface area contributed by atoms with Crippen molar-refractivity contribution in [2.24, 2.45) is 0 Å². The standard InChI is InChI=1S/C16H16N4OS3/c1-9-6-17-16(23-9)20-12(21)7-22-14-13-10-4-2-3-5-11(10)24-15(13)19-8-18-14/h6,8H,2-5,7H2,1H3,(H,17,20,21). The Labute approximate surface area is 151 Å². The van der Waals surface area contributed by atoms with Crippen molar-refractivity contribution in [1.29, 1.82) is 0 Å². The number of hydrogen-bond donors (Lipinski definition) is 1. The van der Waals surface area contributed by atoms with Gasteiger partial charge in [-0.15, -0.1) is 22.7 Å². The zero-order valence-electron chi connectivity index (χ0n) is 13.2. The van der Waals surface area contributed by atoms with Gasteiger partial charge in [-0.1, -0.05) is 11.8 Å². The highest BCUT2D eigenvalue weighted by Gasteiger charge is 2.20. The average Bonchev–Trinajstić information content (AvgIpc) is 3.16. The average molecular weight is 377 g/mol. The lowest BCUT2D eigenvalue weighted by Gasteiger charge is -2.11. The molecule has 3 aromatic heterocycles. The summed E-state index contributed by atoms with van der Waals surface area (Å²) in [7, 11) is 0. The zero-order chi connectivity index (χ0) is 16.5. The molecule has 4 rings (SSSR count). The van der Waals surface area contributed by atoms with Crippen LogP contribution in [0.3, 0.4) is 0 Å². The molecule has 3 aromatic rings. The Morgan fingerprint density at radius 2 is 2.12 bits per heavy atom. The summed E-state index contributed by atoms with van der Waals surface area (Å²) in [6.45, 7) is 1.97. The third kappa shape index (κ3) is 3.18. The van der Waals surface area contributed by atoms with Crippen LogP contribution in [-0.2, 0) is 17.6 Å². The maximum absolute atomic E-state index is 12.2. The molecule has 0 unspecified atom stereocenters. The summed E-state index contributed by atoms with van der Waals surface area (Å²) >= 11 is 4.75. The number of aromatic nitrogens is 3. The Hall–Kier alpha value is -1.51. The fourth-order valence-corrected chi connectivity index (χ4v) is 5.67. The number of carbonyl (C=O) groups excluding carboxylic acids is 1. The van der Waals surface area contributed by atoms with Crippen molar-refractivity contribution in [3.05, 3.63) is 27.8 Å². The highest BCUT2D eigenvalue weighted by atomic mass is 32.2. The van der Waals surface area contributed by atoms with Crippen molar-refractivity contribution in [2.45, 2.75) is 37.6 Å². The molecule has 0 atom stereocenters. The van der Waals surface area contributed by atoms with Crippen LogP contribution in [0, 0.1) is 6.92 Å². The van der Waals surface area contributed by atoms with E-state index in [0.29, 0.717) is 10.9 Å². The van der Waals surface area contributed by atoms with E-state index >= 15 is 0 Å². The van der Waals surface area contributed by atoms with Crippen LogP contribution in [0.1, 0.15) is 28.2 Å². The molecular weight excluding hydrogens is 360 g/mol. The molecule has 0 aromatic carbocycles. The van der Waals surface area contributed by atoms with Crippen LogP contribution in [0.15, 0.2) is 17.6 Å². The summed E-state index contributed by atoms with van der Waals surface area (Å²) in [6, 6.07) is 0. The van der Waals surface area contributed by atoms with Crippen LogP contribution in [0.25, 0.3) is 10.2 Å². The fraction of sp³-hybridized carbons (Fsp3) is 0.375. The molecule has 0 spiro atoms. The number of rotatable bonds is 4. The topological polar surface area (TPSA) is 67.8 Å². The van der Waals surface area contributed by atoms with Crippen molar-refractivity contribution >= 4 is 55.7 Å². The van der Waals surface area contributed by atoms with Gasteiger partial charge in [-0.2, -0.15) is 0 Å². The van der Waals surface area contributed by atoms with Crippen LogP contribution >= 0.6 is 34.4 Å². The number of amides is 1. The number of thiazole rings is 1. The van der Waals surface area contributed by atoms with E-state index in [1.165, 1.54) is 51.8 Å². The van der Waals surface area contributed by atoms with E-state index in [1.807, 2.05) is 6.92 Å². The Kier molecular flexibility index (Phi) is 4.51. The Morgan fingerprint density at radius 3 is 2.96 bits per heavy atom. The number of thioether (sulfide) groups is 1. The van der Waals surface area contributed by atoms with Gasteiger partial charge in [0.1, 0.15) is 16.2 Å². The second kappa shape index (κ2) is 6.78. The zero-order valence-corrected chi connectivity index (χ0v) is 15.6. The first-order chi connectivity index (χ1) is 11.7. The minimum atomic E-state index is -0.0507. The van der Waals surface area contributed by atoms with E-state index in [4.69, 9.17) is 0 Å². The normalized spacial score (nSPS) is 13.9. The van der Waals surface area contributed by atoms with Gasteiger partial charge in [0.05, 0.1) is 5.75 Å². The fourth-order valence-electron chi connectivity index (χ4n) is 2.87. The maximum atomic E-state index is 12.2. The molecule has 0 aliphatic heterocycles. The van der Waals surface area contributed by atoms with Crippen molar-refractivity contribution in [1.82, 2.24) is 15.0 Å². The number of carbonyl (C=O) groups is 1. The molecular formula is C16H16N4OS3. The molecule has 0 fully saturated rings. The smallest absolute Gasteiger partial charge is 0.236 e. The predicted octanol–water partition coefficient (Wildman–Crippen LogP) is 4.07. The van der Waals surface area contributed by atoms with Gasteiger partial charge in [-0.05, 0) is 38.2 Å². The minimum absolute atomic E-state index is 0.0507. The second-order valence-corrected chi connectivity index (χ2v) is 8.97. The molecule has 0 saturated carbocycles. The van der Waals surface area contributed by atoms with Crippen molar-refractivity contribution in [2.75, 3.05) is 11.1 Å². The largest absolute Gasteiger partial charge is 0.301 e. The third-order valence-electron chi connectivity index (χ3n) is 3.92. The van der Waals surface area contributed by atoms with Gasteiger partial charge in [0.25, 0.3) is 0 Å². The van der Waals surface area contributed by atoms with Crippen LogP contribution in [0.2, 0.25) is 0 Å². The van der Waals surface area contributed by atoms with Crippen molar-refractivity contribution in [3.63, 3.8) is 0 Å². The SMILES string of the molecule is Cc1cnc(NC(=O)CSc2ncnc3sc4c(c23)CCCC4)s1. The molecule has 0 saturated heterocycles. The van der Waals surface area contributed by atoms with E-state index in [-0.39, 0.29) is 5.91 Å². The summed E-state index contributed by atoms with van der Waals surface area (Å²) in [5, 5.41) is 5.58. The molecule has 0 radical (unpaired) electrons. The Balaban J connectivity index is 1.52. The maximum Gasteiger partial charge on any atom is 0.236 e. The van der Waals surface area contributed by atoms with Gasteiger partial charge >= 0.3 is 0 Å². The number of fused-ring (bicyclic) bond motifs is 3. The monoisotopic (exact) mass is 376 g/mol. The van der Waals surface area contributed by atoms with Gasteiger partial charge in [0.2, 0.25) is 5.91 Å². The molecule has 1 amide bonds. The lowest BCUT2D eigenvalue weighted by molar-refractivity contribution is -0.113. The number of thiophene rings is 1. The number of aryl methyl sites for hydroxylation is 3. The first-order valence-corrected chi connectivity index (χ1v) is 10.4. The van der Waals surface area contributed by atoms with E-state index in [9.17, 15) is 4.79 Å². The quantitative estimate of drug-likeness (QED) is 0.549. The molecule has 124 valence electrons. The van der Waals surface area contributed by atoms with Crippen molar-refractivity contribution < 1.29 is 4.79 Å². The second-order valence-electron chi connectivity index (χ2n) is 5.68. The van der Waals surface area contributed by atoms with Gasteiger partial charge in [-0.3, -0.25) is 4.79 Å². The van der Waals surface area contributed by atoms with Crippen LogP contribution in [0.5, 0.6) is 0 Å². The van der Waals surface area contributed by atoms with Gasteiger partial charge in [0, 0.05) is 21.3 Å². The van der Waals surface area contributed by atoms with Crippen LogP contribution in [0.4, 0.5) is 5.13 Å². The number of nitrogens with zero attached hydrogens (tertiary/aromatic N) is 3. The van der Waals surface area contributed by atoms with Crippen molar-refractivity contribution in [3.8, 4) is 0 Å². The summed E-state index contributed by atoms with van der Waals surface area (Å²) in [4.78, 5) is 28.8. The third-order valence-corrected chi connectivity index (χ3v) is 6.94. The van der Waals surface area contributed by atoms with E-state index in [2.05, 4.69) is 20.3 Å². The summed E-state index contributed by atoms with van der Waals surface area (Å²) in [5.41, 5.74) is 1.40. The Bertz CT molecular complexity index is 902. The molecule has 3 heterocycles. The first-order valence-electron chi connectivity index (χ1n) is 7.81. The highest BCUT2D eigenvalue weighted by molar-refractivity contribution is 8.00. The molecule has 8 heteroatoms. The van der Waals surface area contributed by atoms with Crippen LogP contribution < -0.4 is 5.32 Å².